The van der Waals surface area contributed by atoms with E-state index in [4.69, 9.17) is 9.26 Å². The highest BCUT2D eigenvalue weighted by molar-refractivity contribution is 5.95. The van der Waals surface area contributed by atoms with Crippen LogP contribution in [-0.4, -0.2) is 39.7 Å². The molecule has 0 saturated heterocycles. The molecule has 4 rings (SSSR count). The molecule has 1 aromatic carbocycles. The van der Waals surface area contributed by atoms with E-state index >= 15 is 0 Å². The average Bonchev–Trinajstić information content (AvgIpc) is 3.33. The molecule has 0 bridgehead atoms. The molecule has 0 aliphatic carbocycles. The molecule has 0 spiro atoms. The van der Waals surface area contributed by atoms with Crippen molar-refractivity contribution in [2.24, 2.45) is 0 Å². The molecule has 0 saturated carbocycles. The molecule has 0 fully saturated rings. The second-order valence-corrected chi connectivity index (χ2v) is 5.87. The van der Waals surface area contributed by atoms with Gasteiger partial charge in [-0.05, 0) is 36.2 Å². The maximum absolute atomic E-state index is 12.6. The van der Waals surface area contributed by atoms with Crippen LogP contribution in [0.4, 0.5) is 5.69 Å². The van der Waals surface area contributed by atoms with Gasteiger partial charge in [0.25, 0.3) is 0 Å². The summed E-state index contributed by atoms with van der Waals surface area (Å²) in [6, 6.07) is 7.49. The van der Waals surface area contributed by atoms with Crippen LogP contribution in [-0.2, 0) is 17.6 Å². The third-order valence-electron chi connectivity index (χ3n) is 4.27. The highest BCUT2D eigenvalue weighted by Gasteiger charge is 2.25. The number of hydrogen-bond donors (Lipinski definition) is 0. The highest BCUT2D eigenvalue weighted by atomic mass is 16.5. The minimum atomic E-state index is 0.0321. The van der Waals surface area contributed by atoms with Gasteiger partial charge in [0.2, 0.25) is 23.4 Å². The standard InChI is InChI=1S/C18H17N5O3/c1-25-13-3-4-14-12(11-13)7-10-23(14)16(24)6-5-15-21-18(22-26-15)17-19-8-2-9-20-17/h2-4,8-9,11H,5-7,10H2,1H3. The Bertz CT molecular complexity index is 926. The summed E-state index contributed by atoms with van der Waals surface area (Å²) >= 11 is 0. The lowest BCUT2D eigenvalue weighted by Gasteiger charge is -2.17. The van der Waals surface area contributed by atoms with Crippen molar-refractivity contribution in [2.45, 2.75) is 19.3 Å². The first-order valence-electron chi connectivity index (χ1n) is 8.32. The molecule has 8 nitrogen and oxygen atoms in total. The Kier molecular flexibility index (Phi) is 4.30. The number of fused-ring (bicyclic) bond motifs is 1. The van der Waals surface area contributed by atoms with Crippen molar-refractivity contribution in [3.05, 3.63) is 48.1 Å². The Morgan fingerprint density at radius 3 is 2.92 bits per heavy atom. The number of aromatic nitrogens is 4. The predicted octanol–water partition coefficient (Wildman–Crippen LogP) is 2.06. The van der Waals surface area contributed by atoms with Crippen molar-refractivity contribution in [2.75, 3.05) is 18.6 Å². The average molecular weight is 351 g/mol. The van der Waals surface area contributed by atoms with Crippen LogP contribution in [0.2, 0.25) is 0 Å². The molecule has 26 heavy (non-hydrogen) atoms. The van der Waals surface area contributed by atoms with Gasteiger partial charge >= 0.3 is 0 Å². The van der Waals surface area contributed by atoms with Crippen molar-refractivity contribution >= 4 is 11.6 Å². The van der Waals surface area contributed by atoms with E-state index in [1.807, 2.05) is 18.2 Å². The lowest BCUT2D eigenvalue weighted by molar-refractivity contribution is -0.118. The number of carbonyl (C=O) groups is 1. The van der Waals surface area contributed by atoms with Crippen molar-refractivity contribution in [1.82, 2.24) is 20.1 Å². The molecule has 2 aromatic heterocycles. The normalized spacial score (nSPS) is 12.9. The van der Waals surface area contributed by atoms with Crippen molar-refractivity contribution < 1.29 is 14.1 Å². The zero-order valence-corrected chi connectivity index (χ0v) is 14.3. The fourth-order valence-electron chi connectivity index (χ4n) is 2.97. The first kappa shape index (κ1) is 16.2. The van der Waals surface area contributed by atoms with Crippen LogP contribution in [0.1, 0.15) is 17.9 Å². The number of hydrogen-bond acceptors (Lipinski definition) is 7. The topological polar surface area (TPSA) is 94.2 Å². The smallest absolute Gasteiger partial charge is 0.240 e. The number of ether oxygens (including phenoxy) is 1. The number of amides is 1. The highest BCUT2D eigenvalue weighted by Crippen LogP contribution is 2.31. The van der Waals surface area contributed by atoms with E-state index in [-0.39, 0.29) is 5.91 Å². The Labute approximate surface area is 149 Å². The van der Waals surface area contributed by atoms with Crippen LogP contribution < -0.4 is 9.64 Å². The van der Waals surface area contributed by atoms with Gasteiger partial charge < -0.3 is 14.2 Å². The van der Waals surface area contributed by atoms with E-state index < -0.39 is 0 Å². The minimum Gasteiger partial charge on any atom is -0.497 e. The summed E-state index contributed by atoms with van der Waals surface area (Å²) < 4.78 is 10.4. The summed E-state index contributed by atoms with van der Waals surface area (Å²) in [5.41, 5.74) is 2.07. The fraction of sp³-hybridized carbons (Fsp3) is 0.278. The quantitative estimate of drug-likeness (QED) is 0.694. The van der Waals surface area contributed by atoms with Crippen LogP contribution in [0, 0.1) is 0 Å². The van der Waals surface area contributed by atoms with Gasteiger partial charge in [-0.2, -0.15) is 4.98 Å². The van der Waals surface area contributed by atoms with Gasteiger partial charge in [-0.15, -0.1) is 0 Å². The van der Waals surface area contributed by atoms with E-state index in [0.29, 0.717) is 36.9 Å². The summed E-state index contributed by atoms with van der Waals surface area (Å²) in [5.74, 6) is 1.96. The number of anilines is 1. The SMILES string of the molecule is COc1ccc2c(c1)CCN2C(=O)CCc1nc(-c2ncccn2)no1. The Hall–Kier alpha value is -3.29. The number of benzene rings is 1. The van der Waals surface area contributed by atoms with Crippen molar-refractivity contribution in [1.29, 1.82) is 0 Å². The van der Waals surface area contributed by atoms with Gasteiger partial charge in [0.1, 0.15) is 5.75 Å². The monoisotopic (exact) mass is 351 g/mol. The van der Waals surface area contributed by atoms with Gasteiger partial charge in [0, 0.05) is 37.5 Å². The molecule has 0 N–H and O–H groups in total. The molecule has 3 aromatic rings. The molecule has 1 aliphatic rings. The summed E-state index contributed by atoms with van der Waals surface area (Å²) in [7, 11) is 1.64. The van der Waals surface area contributed by atoms with Crippen LogP contribution in [0.5, 0.6) is 5.75 Å². The van der Waals surface area contributed by atoms with Crippen LogP contribution in [0.15, 0.2) is 41.2 Å². The number of methoxy groups -OCH3 is 1. The van der Waals surface area contributed by atoms with E-state index in [2.05, 4.69) is 20.1 Å². The second-order valence-electron chi connectivity index (χ2n) is 5.87. The summed E-state index contributed by atoms with van der Waals surface area (Å²) in [5, 5.41) is 3.87. The molecule has 132 valence electrons. The second kappa shape index (κ2) is 6.91. The summed E-state index contributed by atoms with van der Waals surface area (Å²) in [4.78, 5) is 26.8. The van der Waals surface area contributed by atoms with Crippen LogP contribution in [0.3, 0.4) is 0 Å². The Balaban J connectivity index is 1.41. The molecule has 3 heterocycles. The first-order valence-corrected chi connectivity index (χ1v) is 8.32. The Morgan fingerprint density at radius 1 is 1.27 bits per heavy atom. The number of rotatable bonds is 5. The minimum absolute atomic E-state index is 0.0321. The molecule has 1 aliphatic heterocycles. The van der Waals surface area contributed by atoms with Gasteiger partial charge in [0.15, 0.2) is 0 Å². The van der Waals surface area contributed by atoms with Crippen LogP contribution in [0.25, 0.3) is 11.6 Å². The van der Waals surface area contributed by atoms with Crippen molar-refractivity contribution in [3.8, 4) is 17.4 Å². The molecule has 8 heteroatoms. The predicted molar refractivity (Wildman–Crippen MR) is 92.7 cm³/mol. The van der Waals surface area contributed by atoms with E-state index in [1.165, 1.54) is 0 Å². The lowest BCUT2D eigenvalue weighted by Crippen LogP contribution is -2.29. The van der Waals surface area contributed by atoms with Crippen LogP contribution >= 0.6 is 0 Å². The zero-order chi connectivity index (χ0) is 17.9. The zero-order valence-electron chi connectivity index (χ0n) is 14.3. The van der Waals surface area contributed by atoms with E-state index in [1.54, 1.807) is 30.5 Å². The maximum Gasteiger partial charge on any atom is 0.240 e. The molecule has 0 unspecified atom stereocenters. The van der Waals surface area contributed by atoms with Gasteiger partial charge in [0.05, 0.1) is 7.11 Å². The molecular weight excluding hydrogens is 334 g/mol. The maximum atomic E-state index is 12.6. The summed E-state index contributed by atoms with van der Waals surface area (Å²) in [6.07, 6.45) is 4.72. The Morgan fingerprint density at radius 2 is 2.12 bits per heavy atom. The molecule has 0 atom stereocenters. The number of nitrogens with zero attached hydrogens (tertiary/aromatic N) is 5. The van der Waals surface area contributed by atoms with Gasteiger partial charge in [-0.1, -0.05) is 5.16 Å². The largest absolute Gasteiger partial charge is 0.497 e. The molecule has 0 radical (unpaired) electrons. The number of carbonyl (C=O) groups excluding carboxylic acids is 1. The fourth-order valence-corrected chi connectivity index (χ4v) is 2.97. The van der Waals surface area contributed by atoms with Crippen molar-refractivity contribution in [3.63, 3.8) is 0 Å². The first-order chi connectivity index (χ1) is 12.7. The molecule has 1 amide bonds. The third-order valence-corrected chi connectivity index (χ3v) is 4.27. The van der Waals surface area contributed by atoms with Gasteiger partial charge in [-0.3, -0.25) is 4.79 Å². The third kappa shape index (κ3) is 3.13. The van der Waals surface area contributed by atoms with E-state index in [9.17, 15) is 4.79 Å². The summed E-state index contributed by atoms with van der Waals surface area (Å²) in [6.45, 7) is 0.675. The number of aryl methyl sites for hydroxylation is 1. The van der Waals surface area contributed by atoms with E-state index in [0.717, 1.165) is 23.4 Å². The molecular formula is C18H17N5O3. The van der Waals surface area contributed by atoms with Gasteiger partial charge in [-0.25, -0.2) is 9.97 Å². The lowest BCUT2D eigenvalue weighted by atomic mass is 10.1.